The number of sulfonamides is 1. The molecule has 0 bridgehead atoms. The van der Waals surface area contributed by atoms with Crippen LogP contribution in [0, 0.1) is 13.8 Å². The predicted molar refractivity (Wildman–Crippen MR) is 77.4 cm³/mol. The molecule has 0 atom stereocenters. The van der Waals surface area contributed by atoms with E-state index < -0.39 is 10.0 Å². The Morgan fingerprint density at radius 1 is 1.32 bits per heavy atom. The molecular weight excluding hydrogens is 308 g/mol. The molecule has 9 nitrogen and oxygen atoms in total. The summed E-state index contributed by atoms with van der Waals surface area (Å²) in [6.45, 7) is 5.99. The Bertz CT molecular complexity index is 716. The molecule has 2 aromatic rings. The van der Waals surface area contributed by atoms with Crippen LogP contribution >= 0.6 is 0 Å². The monoisotopic (exact) mass is 328 g/mol. The molecule has 0 unspecified atom stereocenters. The van der Waals surface area contributed by atoms with Gasteiger partial charge in [0.1, 0.15) is 10.6 Å². The largest absolute Gasteiger partial charge is 0.360 e. The van der Waals surface area contributed by atoms with Gasteiger partial charge < -0.3 is 4.52 Å². The lowest BCUT2D eigenvalue weighted by Crippen LogP contribution is -2.29. The molecule has 0 saturated heterocycles. The summed E-state index contributed by atoms with van der Waals surface area (Å²) >= 11 is 0. The van der Waals surface area contributed by atoms with E-state index in [2.05, 4.69) is 27.6 Å². The van der Waals surface area contributed by atoms with E-state index in [1.54, 1.807) is 18.5 Å². The highest BCUT2D eigenvalue weighted by Crippen LogP contribution is 2.23. The van der Waals surface area contributed by atoms with E-state index in [-0.39, 0.29) is 17.2 Å². The first-order chi connectivity index (χ1) is 10.4. The zero-order chi connectivity index (χ0) is 16.3. The molecule has 0 amide bonds. The SMILES string of the molecule is CCCCn1nnnc1CN(C)S(=O)(=O)c1c(C)noc1C. The first-order valence-electron chi connectivity index (χ1n) is 7.02. The molecule has 122 valence electrons. The maximum absolute atomic E-state index is 12.6. The number of rotatable bonds is 7. The number of unbranched alkanes of at least 4 members (excludes halogenated alkanes) is 1. The topological polar surface area (TPSA) is 107 Å². The lowest BCUT2D eigenvalue weighted by Gasteiger charge is -2.16. The van der Waals surface area contributed by atoms with Crippen LogP contribution in [0.3, 0.4) is 0 Å². The molecular formula is C12H20N6O3S. The predicted octanol–water partition coefficient (Wildman–Crippen LogP) is 0.899. The van der Waals surface area contributed by atoms with Crippen molar-refractivity contribution >= 4 is 10.0 Å². The number of tetrazole rings is 1. The van der Waals surface area contributed by atoms with Gasteiger partial charge in [-0.2, -0.15) is 4.31 Å². The molecule has 0 aliphatic heterocycles. The minimum absolute atomic E-state index is 0.0864. The molecule has 2 heterocycles. The van der Waals surface area contributed by atoms with E-state index in [4.69, 9.17) is 4.52 Å². The molecule has 2 aromatic heterocycles. The molecule has 10 heteroatoms. The van der Waals surface area contributed by atoms with Gasteiger partial charge in [0, 0.05) is 13.6 Å². The van der Waals surface area contributed by atoms with E-state index in [0.29, 0.717) is 18.1 Å². The van der Waals surface area contributed by atoms with Gasteiger partial charge in [-0.05, 0) is 30.7 Å². The minimum Gasteiger partial charge on any atom is -0.360 e. The fourth-order valence-corrected chi connectivity index (χ4v) is 3.51. The number of aryl methyl sites for hydroxylation is 3. The van der Waals surface area contributed by atoms with Crippen molar-refractivity contribution in [3.63, 3.8) is 0 Å². The molecule has 0 aromatic carbocycles. The standard InChI is InChI=1S/C12H20N6O3S/c1-5-6-7-18-11(13-15-16-18)8-17(4)22(19,20)12-9(2)14-21-10(12)3/h5-8H2,1-4H3. The second-order valence-corrected chi connectivity index (χ2v) is 7.07. The van der Waals surface area contributed by atoms with Gasteiger partial charge in [0.15, 0.2) is 11.6 Å². The molecule has 22 heavy (non-hydrogen) atoms. The Kier molecular flexibility index (Phi) is 4.91. The van der Waals surface area contributed by atoms with E-state index in [0.717, 1.165) is 12.8 Å². The Morgan fingerprint density at radius 3 is 2.64 bits per heavy atom. The second kappa shape index (κ2) is 6.53. The average molecular weight is 328 g/mol. The number of aromatic nitrogens is 5. The number of hydrogen-bond acceptors (Lipinski definition) is 7. The first-order valence-corrected chi connectivity index (χ1v) is 8.46. The van der Waals surface area contributed by atoms with Crippen molar-refractivity contribution in [2.24, 2.45) is 0 Å². The molecule has 0 aliphatic rings. The average Bonchev–Trinajstić information content (AvgIpc) is 3.03. The van der Waals surface area contributed by atoms with E-state index in [1.165, 1.54) is 11.4 Å². The van der Waals surface area contributed by atoms with Gasteiger partial charge in [-0.3, -0.25) is 0 Å². The molecule has 2 rings (SSSR count). The molecule has 0 spiro atoms. The quantitative estimate of drug-likeness (QED) is 0.743. The van der Waals surface area contributed by atoms with Gasteiger partial charge in [-0.1, -0.05) is 18.5 Å². The van der Waals surface area contributed by atoms with Crippen LogP contribution in [0.15, 0.2) is 9.42 Å². The van der Waals surface area contributed by atoms with Crippen molar-refractivity contribution in [2.75, 3.05) is 7.05 Å². The number of nitrogens with zero attached hydrogens (tertiary/aromatic N) is 6. The van der Waals surface area contributed by atoms with Crippen LogP contribution in [0.5, 0.6) is 0 Å². The van der Waals surface area contributed by atoms with Gasteiger partial charge >= 0.3 is 0 Å². The highest BCUT2D eigenvalue weighted by atomic mass is 32.2. The van der Waals surface area contributed by atoms with Crippen molar-refractivity contribution in [3.8, 4) is 0 Å². The fraction of sp³-hybridized carbons (Fsp3) is 0.667. The Labute approximate surface area is 129 Å². The van der Waals surface area contributed by atoms with Gasteiger partial charge in [0.25, 0.3) is 0 Å². The second-order valence-electron chi connectivity index (χ2n) is 5.09. The van der Waals surface area contributed by atoms with Crippen LogP contribution in [0.4, 0.5) is 0 Å². The van der Waals surface area contributed by atoms with Crippen molar-refractivity contribution in [2.45, 2.75) is 51.6 Å². The zero-order valence-electron chi connectivity index (χ0n) is 13.1. The first kappa shape index (κ1) is 16.6. The lowest BCUT2D eigenvalue weighted by molar-refractivity contribution is 0.389. The van der Waals surface area contributed by atoms with Crippen molar-refractivity contribution in [1.82, 2.24) is 29.7 Å². The summed E-state index contributed by atoms with van der Waals surface area (Å²) < 4.78 is 33.0. The summed E-state index contributed by atoms with van der Waals surface area (Å²) in [5.41, 5.74) is 0.343. The van der Waals surface area contributed by atoms with Crippen molar-refractivity contribution in [1.29, 1.82) is 0 Å². The van der Waals surface area contributed by atoms with Crippen molar-refractivity contribution < 1.29 is 12.9 Å². The third-order valence-corrected chi connectivity index (χ3v) is 5.38. The Balaban J connectivity index is 2.22. The molecule has 0 aliphatic carbocycles. The van der Waals surface area contributed by atoms with Crippen LogP contribution in [0.25, 0.3) is 0 Å². The molecule has 0 N–H and O–H groups in total. The summed E-state index contributed by atoms with van der Waals surface area (Å²) in [6.07, 6.45) is 1.94. The smallest absolute Gasteiger partial charge is 0.248 e. The Morgan fingerprint density at radius 2 is 2.05 bits per heavy atom. The van der Waals surface area contributed by atoms with Crippen LogP contribution in [-0.2, 0) is 23.1 Å². The van der Waals surface area contributed by atoms with Crippen LogP contribution < -0.4 is 0 Å². The van der Waals surface area contributed by atoms with E-state index in [9.17, 15) is 8.42 Å². The normalized spacial score (nSPS) is 12.2. The molecule has 0 saturated carbocycles. The summed E-state index contributed by atoms with van der Waals surface area (Å²) in [7, 11) is -2.22. The third-order valence-electron chi connectivity index (χ3n) is 3.33. The van der Waals surface area contributed by atoms with E-state index >= 15 is 0 Å². The van der Waals surface area contributed by atoms with E-state index in [1.807, 2.05) is 0 Å². The van der Waals surface area contributed by atoms with Crippen LogP contribution in [-0.4, -0.2) is 45.1 Å². The minimum atomic E-state index is -3.70. The maximum Gasteiger partial charge on any atom is 0.248 e. The van der Waals surface area contributed by atoms with Gasteiger partial charge in [-0.25, -0.2) is 13.1 Å². The number of hydrogen-bond donors (Lipinski definition) is 0. The molecule has 0 radical (unpaired) electrons. The highest BCUT2D eigenvalue weighted by molar-refractivity contribution is 7.89. The van der Waals surface area contributed by atoms with Crippen molar-refractivity contribution in [3.05, 3.63) is 17.3 Å². The third kappa shape index (κ3) is 3.17. The summed E-state index contributed by atoms with van der Waals surface area (Å²) in [6, 6.07) is 0. The highest BCUT2D eigenvalue weighted by Gasteiger charge is 2.29. The maximum atomic E-state index is 12.6. The Hall–Kier alpha value is -1.81. The molecule has 0 fully saturated rings. The summed E-state index contributed by atoms with van der Waals surface area (Å²) in [4.78, 5) is 0.0996. The fourth-order valence-electron chi connectivity index (χ4n) is 2.10. The van der Waals surface area contributed by atoms with Gasteiger partial charge in [0.2, 0.25) is 10.0 Å². The zero-order valence-corrected chi connectivity index (χ0v) is 14.0. The summed E-state index contributed by atoms with van der Waals surface area (Å²) in [5.74, 6) is 0.779. The van der Waals surface area contributed by atoms with Gasteiger partial charge in [-0.15, -0.1) is 5.10 Å². The van der Waals surface area contributed by atoms with Crippen LogP contribution in [0.1, 0.15) is 37.0 Å². The van der Waals surface area contributed by atoms with Gasteiger partial charge in [0.05, 0.1) is 6.54 Å². The van der Waals surface area contributed by atoms with Crippen LogP contribution in [0.2, 0.25) is 0 Å². The lowest BCUT2D eigenvalue weighted by atomic mass is 10.3. The summed E-state index contributed by atoms with van der Waals surface area (Å²) in [5, 5.41) is 15.1.